The first-order valence-corrected chi connectivity index (χ1v) is 9.16. The molecule has 1 N–H and O–H groups in total. The van der Waals surface area contributed by atoms with Crippen LogP contribution in [0.25, 0.3) is 0 Å². The lowest BCUT2D eigenvalue weighted by Gasteiger charge is -2.35. The fourth-order valence-corrected chi connectivity index (χ4v) is 2.96. The van der Waals surface area contributed by atoms with E-state index in [0.29, 0.717) is 17.6 Å². The Morgan fingerprint density at radius 2 is 1.72 bits per heavy atom. The smallest absolute Gasteiger partial charge is 0.335 e. The Kier molecular flexibility index (Phi) is 6.85. The SMILES string of the molecule is Cc1cc(C(=O)O)ccc1OCCN1CCN(CCC(C)(C)C)CC1. The van der Waals surface area contributed by atoms with Gasteiger partial charge >= 0.3 is 5.97 Å². The highest BCUT2D eigenvalue weighted by molar-refractivity contribution is 5.88. The number of carboxylic acids is 1. The number of nitrogens with zero attached hydrogens (tertiary/aromatic N) is 2. The molecule has 1 heterocycles. The third kappa shape index (κ3) is 6.67. The zero-order valence-electron chi connectivity index (χ0n) is 16.0. The van der Waals surface area contributed by atoms with Crippen molar-refractivity contribution in [2.24, 2.45) is 5.41 Å². The average molecular weight is 348 g/mol. The van der Waals surface area contributed by atoms with Crippen LogP contribution in [0.4, 0.5) is 0 Å². The lowest BCUT2D eigenvalue weighted by molar-refractivity contribution is 0.0696. The molecule has 0 radical (unpaired) electrons. The summed E-state index contributed by atoms with van der Waals surface area (Å²) in [5, 5.41) is 9.00. The monoisotopic (exact) mass is 348 g/mol. The van der Waals surface area contributed by atoms with Crippen LogP contribution in [0.2, 0.25) is 0 Å². The summed E-state index contributed by atoms with van der Waals surface area (Å²) in [4.78, 5) is 16.0. The van der Waals surface area contributed by atoms with Crippen LogP contribution in [0.15, 0.2) is 18.2 Å². The van der Waals surface area contributed by atoms with Gasteiger partial charge in [0.1, 0.15) is 12.4 Å². The number of hydrogen-bond acceptors (Lipinski definition) is 4. The highest BCUT2D eigenvalue weighted by Crippen LogP contribution is 2.20. The molecule has 1 fully saturated rings. The van der Waals surface area contributed by atoms with Gasteiger partial charge in [-0.25, -0.2) is 4.79 Å². The van der Waals surface area contributed by atoms with Crippen LogP contribution in [0, 0.1) is 12.3 Å². The number of ether oxygens (including phenoxy) is 1. The van der Waals surface area contributed by atoms with Crippen LogP contribution in [-0.4, -0.2) is 66.8 Å². The number of hydrogen-bond donors (Lipinski definition) is 1. The van der Waals surface area contributed by atoms with Crippen molar-refractivity contribution in [1.82, 2.24) is 9.80 Å². The molecule has 5 nitrogen and oxygen atoms in total. The molecule has 0 amide bonds. The first-order valence-electron chi connectivity index (χ1n) is 9.16. The van der Waals surface area contributed by atoms with E-state index < -0.39 is 5.97 Å². The number of carboxylic acid groups (broad SMARTS) is 1. The Balaban J connectivity index is 1.69. The molecule has 0 aromatic heterocycles. The number of aromatic carboxylic acids is 1. The highest BCUT2D eigenvalue weighted by Gasteiger charge is 2.19. The molecule has 25 heavy (non-hydrogen) atoms. The summed E-state index contributed by atoms with van der Waals surface area (Å²) in [6.45, 7) is 15.9. The molecule has 0 aliphatic carbocycles. The Labute approximate surface area is 151 Å². The lowest BCUT2D eigenvalue weighted by atomic mass is 9.92. The molecule has 140 valence electrons. The zero-order chi connectivity index (χ0) is 18.4. The minimum absolute atomic E-state index is 0.302. The van der Waals surface area contributed by atoms with Crippen molar-refractivity contribution in [3.05, 3.63) is 29.3 Å². The minimum atomic E-state index is -0.904. The normalized spacial score (nSPS) is 16.8. The van der Waals surface area contributed by atoms with Crippen molar-refractivity contribution in [3.8, 4) is 5.75 Å². The Bertz CT molecular complexity index is 573. The molecular weight excluding hydrogens is 316 g/mol. The van der Waals surface area contributed by atoms with E-state index in [2.05, 4.69) is 30.6 Å². The summed E-state index contributed by atoms with van der Waals surface area (Å²) in [6.07, 6.45) is 1.24. The predicted octanol–water partition coefficient (Wildman–Crippen LogP) is 3.13. The summed E-state index contributed by atoms with van der Waals surface area (Å²) < 4.78 is 5.85. The molecule has 0 spiro atoms. The molecule has 0 saturated carbocycles. The minimum Gasteiger partial charge on any atom is -0.492 e. The summed E-state index contributed by atoms with van der Waals surface area (Å²) >= 11 is 0. The van der Waals surface area contributed by atoms with E-state index in [0.717, 1.165) is 44.0 Å². The van der Waals surface area contributed by atoms with Gasteiger partial charge in [0.15, 0.2) is 0 Å². The molecule has 1 aromatic carbocycles. The first-order chi connectivity index (χ1) is 11.7. The topological polar surface area (TPSA) is 53.0 Å². The van der Waals surface area contributed by atoms with E-state index in [4.69, 9.17) is 9.84 Å². The summed E-state index contributed by atoms with van der Waals surface area (Å²) in [6, 6.07) is 5.01. The number of aryl methyl sites for hydroxylation is 1. The fraction of sp³-hybridized carbons (Fsp3) is 0.650. The van der Waals surface area contributed by atoms with Gasteiger partial charge in [-0.05, 0) is 49.1 Å². The molecular formula is C20H32N2O3. The van der Waals surface area contributed by atoms with Crippen molar-refractivity contribution in [1.29, 1.82) is 0 Å². The van der Waals surface area contributed by atoms with Gasteiger partial charge < -0.3 is 14.7 Å². The van der Waals surface area contributed by atoms with Gasteiger partial charge in [0.2, 0.25) is 0 Å². The van der Waals surface area contributed by atoms with Crippen LogP contribution >= 0.6 is 0 Å². The van der Waals surface area contributed by atoms with E-state index in [1.54, 1.807) is 18.2 Å². The molecule has 2 rings (SSSR count). The first kappa shape index (κ1) is 19.7. The maximum Gasteiger partial charge on any atom is 0.335 e. The van der Waals surface area contributed by atoms with Crippen LogP contribution in [-0.2, 0) is 0 Å². The average Bonchev–Trinajstić information content (AvgIpc) is 2.54. The number of benzene rings is 1. The van der Waals surface area contributed by atoms with Crippen LogP contribution in [0.3, 0.4) is 0 Å². The predicted molar refractivity (Wildman–Crippen MR) is 101 cm³/mol. The van der Waals surface area contributed by atoms with E-state index in [1.165, 1.54) is 13.0 Å². The van der Waals surface area contributed by atoms with Crippen molar-refractivity contribution >= 4 is 5.97 Å². The largest absolute Gasteiger partial charge is 0.492 e. The van der Waals surface area contributed by atoms with Crippen LogP contribution < -0.4 is 4.74 Å². The van der Waals surface area contributed by atoms with Gasteiger partial charge in [0.25, 0.3) is 0 Å². The molecule has 0 bridgehead atoms. The van der Waals surface area contributed by atoms with Crippen LogP contribution in [0.5, 0.6) is 5.75 Å². The summed E-state index contributed by atoms with van der Waals surface area (Å²) in [5.41, 5.74) is 1.57. The Morgan fingerprint density at radius 1 is 1.12 bits per heavy atom. The standard InChI is InChI=1S/C20H32N2O3/c1-16-15-17(19(23)24)5-6-18(16)25-14-13-22-11-9-21(10-12-22)8-7-20(2,3)4/h5-6,15H,7-14H2,1-4H3,(H,23,24). The maximum absolute atomic E-state index is 11.0. The second-order valence-electron chi connectivity index (χ2n) is 8.13. The van der Waals surface area contributed by atoms with Gasteiger partial charge in [-0.15, -0.1) is 0 Å². The molecule has 0 unspecified atom stereocenters. The maximum atomic E-state index is 11.0. The second-order valence-corrected chi connectivity index (χ2v) is 8.13. The molecule has 0 atom stereocenters. The van der Waals surface area contributed by atoms with Crippen molar-refractivity contribution < 1.29 is 14.6 Å². The van der Waals surface area contributed by atoms with Crippen molar-refractivity contribution in [2.75, 3.05) is 45.9 Å². The van der Waals surface area contributed by atoms with Crippen molar-refractivity contribution in [3.63, 3.8) is 0 Å². The Hall–Kier alpha value is -1.59. The molecule has 5 heteroatoms. The fourth-order valence-electron chi connectivity index (χ4n) is 2.96. The van der Waals surface area contributed by atoms with Crippen LogP contribution in [0.1, 0.15) is 43.1 Å². The molecule has 1 aromatic rings. The quantitative estimate of drug-likeness (QED) is 0.820. The third-order valence-corrected chi connectivity index (χ3v) is 4.73. The van der Waals surface area contributed by atoms with Crippen molar-refractivity contribution in [2.45, 2.75) is 34.1 Å². The van der Waals surface area contributed by atoms with E-state index >= 15 is 0 Å². The summed E-state index contributed by atoms with van der Waals surface area (Å²) in [7, 11) is 0. The number of carbonyl (C=O) groups is 1. The highest BCUT2D eigenvalue weighted by atomic mass is 16.5. The number of rotatable bonds is 7. The second kappa shape index (κ2) is 8.68. The zero-order valence-corrected chi connectivity index (χ0v) is 16.0. The summed E-state index contributed by atoms with van der Waals surface area (Å²) in [5.74, 6) is -0.132. The van der Waals surface area contributed by atoms with E-state index in [9.17, 15) is 4.79 Å². The van der Waals surface area contributed by atoms with E-state index in [-0.39, 0.29) is 0 Å². The van der Waals surface area contributed by atoms with Gasteiger partial charge in [0, 0.05) is 32.7 Å². The molecule has 1 aliphatic heterocycles. The number of piperazine rings is 1. The van der Waals surface area contributed by atoms with E-state index in [1.807, 2.05) is 6.92 Å². The van der Waals surface area contributed by atoms with Gasteiger partial charge in [-0.2, -0.15) is 0 Å². The molecule has 1 saturated heterocycles. The third-order valence-electron chi connectivity index (χ3n) is 4.73. The van der Waals surface area contributed by atoms with Gasteiger partial charge in [-0.3, -0.25) is 4.90 Å². The van der Waals surface area contributed by atoms with Gasteiger partial charge in [0.05, 0.1) is 5.56 Å². The lowest BCUT2D eigenvalue weighted by Crippen LogP contribution is -2.48. The molecule has 1 aliphatic rings. The Morgan fingerprint density at radius 3 is 2.24 bits per heavy atom. The van der Waals surface area contributed by atoms with Gasteiger partial charge in [-0.1, -0.05) is 20.8 Å².